The molecule has 0 aliphatic carbocycles. The lowest BCUT2D eigenvalue weighted by Gasteiger charge is -2.45. The highest BCUT2D eigenvalue weighted by Crippen LogP contribution is 2.44. The summed E-state index contributed by atoms with van der Waals surface area (Å²) in [6, 6.07) is 3.85. The highest BCUT2D eigenvalue weighted by Gasteiger charge is 2.66. The van der Waals surface area contributed by atoms with Gasteiger partial charge in [-0.1, -0.05) is 12.1 Å². The monoisotopic (exact) mass is 410 g/mol. The topological polar surface area (TPSA) is 134 Å². The minimum atomic E-state index is -5.42. The number of hydrogen-bond acceptors (Lipinski definition) is 6. The summed E-state index contributed by atoms with van der Waals surface area (Å²) in [6.07, 6.45) is -3.11. The fourth-order valence-corrected chi connectivity index (χ4v) is 3.14. The smallest absolute Gasteiger partial charge is 0.363 e. The average Bonchev–Trinajstić information content (AvgIpc) is 2.67. The number of benzene rings is 1. The van der Waals surface area contributed by atoms with Crippen LogP contribution >= 0.6 is 0 Å². The summed E-state index contributed by atoms with van der Waals surface area (Å²) in [4.78, 5) is 38.8. The Kier molecular flexibility index (Phi) is 4.96. The Balaban J connectivity index is 2.18. The van der Waals surface area contributed by atoms with Crippen molar-refractivity contribution in [1.82, 2.24) is 15.6 Å². The van der Waals surface area contributed by atoms with E-state index >= 15 is 0 Å². The van der Waals surface area contributed by atoms with E-state index in [1.807, 2.05) is 0 Å². The number of urea groups is 1. The molecule has 12 heteroatoms. The number of nitrogens with zero attached hydrogens (tertiary/aromatic N) is 2. The molecule has 2 amide bonds. The van der Waals surface area contributed by atoms with Gasteiger partial charge in [-0.05, 0) is 17.7 Å². The van der Waals surface area contributed by atoms with E-state index in [1.165, 1.54) is 35.8 Å². The average molecular weight is 410 g/mol. The van der Waals surface area contributed by atoms with Gasteiger partial charge in [0.25, 0.3) is 5.69 Å². The maximum absolute atomic E-state index is 13.8. The molecule has 1 aromatic carbocycles. The van der Waals surface area contributed by atoms with Gasteiger partial charge in [-0.2, -0.15) is 13.2 Å². The van der Waals surface area contributed by atoms with Crippen molar-refractivity contribution in [2.75, 3.05) is 0 Å². The fraction of sp³-hybridized carbons (Fsp3) is 0.235. The van der Waals surface area contributed by atoms with Crippen molar-refractivity contribution < 1.29 is 32.8 Å². The lowest BCUT2D eigenvalue weighted by atomic mass is 9.77. The highest BCUT2D eigenvalue weighted by molar-refractivity contribution is 6.00. The number of hydrogen-bond donors (Lipinski definition) is 3. The van der Waals surface area contributed by atoms with E-state index in [0.717, 1.165) is 18.3 Å². The van der Waals surface area contributed by atoms with Crippen molar-refractivity contribution in [1.29, 1.82) is 0 Å². The zero-order valence-electron chi connectivity index (χ0n) is 14.4. The van der Waals surface area contributed by atoms with Gasteiger partial charge < -0.3 is 15.7 Å². The summed E-state index contributed by atoms with van der Waals surface area (Å²) >= 11 is 0. The third-order valence-electron chi connectivity index (χ3n) is 4.47. The van der Waals surface area contributed by atoms with Crippen LogP contribution in [0.15, 0.2) is 48.8 Å². The molecule has 1 aromatic heterocycles. The number of Topliss-reactive ketones (excluding diaryl/α,β-unsaturated/α-hetero) is 1. The zero-order valence-corrected chi connectivity index (χ0v) is 14.4. The van der Waals surface area contributed by atoms with Crippen molar-refractivity contribution in [3.63, 3.8) is 0 Å². The summed E-state index contributed by atoms with van der Waals surface area (Å²) in [5.41, 5.74) is -4.77. The Hall–Kier alpha value is -3.54. The predicted molar refractivity (Wildman–Crippen MR) is 90.6 cm³/mol. The summed E-state index contributed by atoms with van der Waals surface area (Å²) < 4.78 is 41.3. The van der Waals surface area contributed by atoms with Gasteiger partial charge in [0.2, 0.25) is 5.72 Å². The summed E-state index contributed by atoms with van der Waals surface area (Å²) in [5.74, 6) is -3.45. The Morgan fingerprint density at radius 3 is 2.59 bits per heavy atom. The van der Waals surface area contributed by atoms with Crippen LogP contribution in [-0.4, -0.2) is 38.7 Å². The van der Waals surface area contributed by atoms with Gasteiger partial charge in [0, 0.05) is 30.1 Å². The van der Waals surface area contributed by atoms with Crippen LogP contribution in [0.5, 0.6) is 0 Å². The number of non-ortho nitro benzene ring substituents is 1. The molecule has 0 radical (unpaired) electrons. The fourth-order valence-electron chi connectivity index (χ4n) is 3.14. The van der Waals surface area contributed by atoms with E-state index in [-0.39, 0.29) is 11.1 Å². The first-order valence-corrected chi connectivity index (χ1v) is 8.11. The zero-order chi connectivity index (χ0) is 21.4. The number of nitrogens with one attached hydrogen (secondary N) is 2. The minimum absolute atomic E-state index is 0.154. The summed E-state index contributed by atoms with van der Waals surface area (Å²) in [5, 5.41) is 25.0. The third-order valence-corrected chi connectivity index (χ3v) is 4.47. The number of aliphatic hydroxyl groups is 1. The van der Waals surface area contributed by atoms with Crippen LogP contribution in [0.25, 0.3) is 0 Å². The van der Waals surface area contributed by atoms with E-state index in [0.29, 0.717) is 0 Å². The minimum Gasteiger partial charge on any atom is -0.363 e. The van der Waals surface area contributed by atoms with E-state index in [9.17, 15) is 38.0 Å². The number of rotatable bonds is 4. The van der Waals surface area contributed by atoms with Crippen LogP contribution in [0.3, 0.4) is 0 Å². The van der Waals surface area contributed by atoms with E-state index in [4.69, 9.17) is 0 Å². The summed E-state index contributed by atoms with van der Waals surface area (Å²) in [7, 11) is 0. The van der Waals surface area contributed by atoms with Crippen LogP contribution < -0.4 is 10.6 Å². The molecule has 3 rings (SSSR count). The van der Waals surface area contributed by atoms with Crippen molar-refractivity contribution in [2.45, 2.75) is 17.9 Å². The van der Waals surface area contributed by atoms with E-state index < -0.39 is 46.3 Å². The first kappa shape index (κ1) is 20.2. The second-order valence-corrected chi connectivity index (χ2v) is 6.28. The van der Waals surface area contributed by atoms with Gasteiger partial charge in [0.15, 0.2) is 5.78 Å². The maximum atomic E-state index is 13.8. The van der Waals surface area contributed by atoms with Gasteiger partial charge >= 0.3 is 12.2 Å². The van der Waals surface area contributed by atoms with Crippen molar-refractivity contribution in [3.05, 3.63) is 70.0 Å². The standard InChI is InChI=1S/C17H13F3N4O5/c18-17(19,20)16(27)12(14(25)10-4-2-6-21-8-10)13(22-15(26)23-16)9-3-1-5-11(7-9)24(28)29/h1-8,12-13,27H,(H2,22,23,26)/t12-,13+,16-/m0/s1. The molecule has 1 saturated heterocycles. The second kappa shape index (κ2) is 7.13. The molecule has 0 saturated carbocycles. The Bertz CT molecular complexity index is 969. The maximum Gasteiger partial charge on any atom is 0.437 e. The van der Waals surface area contributed by atoms with Gasteiger partial charge in [0.05, 0.1) is 11.0 Å². The molecule has 1 aliphatic heterocycles. The second-order valence-electron chi connectivity index (χ2n) is 6.28. The molecule has 2 heterocycles. The van der Waals surface area contributed by atoms with Crippen LogP contribution in [0, 0.1) is 16.0 Å². The normalized spacial score (nSPS) is 24.3. The molecule has 1 fully saturated rings. The molecule has 9 nitrogen and oxygen atoms in total. The number of alkyl halides is 3. The van der Waals surface area contributed by atoms with Gasteiger partial charge in [0.1, 0.15) is 5.92 Å². The van der Waals surface area contributed by atoms with Crippen LogP contribution in [0.1, 0.15) is 22.0 Å². The first-order chi connectivity index (χ1) is 13.5. The van der Waals surface area contributed by atoms with Crippen molar-refractivity contribution in [3.8, 4) is 0 Å². The molecule has 0 unspecified atom stereocenters. The van der Waals surface area contributed by atoms with Crippen LogP contribution in [-0.2, 0) is 0 Å². The molecular weight excluding hydrogens is 397 g/mol. The van der Waals surface area contributed by atoms with Gasteiger partial charge in [-0.15, -0.1) is 0 Å². The number of nitro groups is 1. The number of ketones is 1. The van der Waals surface area contributed by atoms with Gasteiger partial charge in [-0.25, -0.2) is 4.79 Å². The quantitative estimate of drug-likeness (QED) is 0.401. The van der Waals surface area contributed by atoms with Crippen molar-refractivity contribution >= 4 is 17.5 Å². The molecule has 0 bridgehead atoms. The Morgan fingerprint density at radius 1 is 1.28 bits per heavy atom. The number of halogens is 3. The van der Waals surface area contributed by atoms with Crippen LogP contribution in [0.2, 0.25) is 0 Å². The van der Waals surface area contributed by atoms with Crippen LogP contribution in [0.4, 0.5) is 23.7 Å². The molecule has 152 valence electrons. The molecule has 29 heavy (non-hydrogen) atoms. The molecule has 3 N–H and O–H groups in total. The lowest BCUT2D eigenvalue weighted by Crippen LogP contribution is -2.72. The Morgan fingerprint density at radius 2 is 2.00 bits per heavy atom. The number of aromatic nitrogens is 1. The number of carbonyl (C=O) groups excluding carboxylic acids is 2. The van der Waals surface area contributed by atoms with Crippen molar-refractivity contribution in [2.24, 2.45) is 5.92 Å². The third kappa shape index (κ3) is 3.61. The number of carbonyl (C=O) groups is 2. The summed E-state index contributed by atoms with van der Waals surface area (Å²) in [6.45, 7) is 0. The molecule has 3 atom stereocenters. The van der Waals surface area contributed by atoms with E-state index in [2.05, 4.69) is 10.3 Å². The number of nitro benzene ring substituents is 1. The Labute approximate surface area is 160 Å². The molecule has 1 aliphatic rings. The molecule has 2 aromatic rings. The first-order valence-electron chi connectivity index (χ1n) is 8.11. The van der Waals surface area contributed by atoms with Gasteiger partial charge in [-0.3, -0.25) is 19.9 Å². The molecule has 0 spiro atoms. The number of amides is 2. The number of pyridine rings is 1. The highest BCUT2D eigenvalue weighted by atomic mass is 19.4. The molecular formula is C17H13F3N4O5. The largest absolute Gasteiger partial charge is 0.437 e. The SMILES string of the molecule is O=C1N[C@H](c2cccc([N+](=O)[O-])c2)[C@@H](C(=O)c2cccnc2)[C@](O)(C(F)(F)F)N1. The predicted octanol–water partition coefficient (Wildman–Crippen LogP) is 2.09. The van der Waals surface area contributed by atoms with E-state index in [1.54, 1.807) is 0 Å². The lowest BCUT2D eigenvalue weighted by molar-refractivity contribution is -0.385.